The van der Waals surface area contributed by atoms with Crippen LogP contribution < -0.4 is 5.32 Å². The van der Waals surface area contributed by atoms with Crippen molar-refractivity contribution in [2.75, 3.05) is 13.1 Å². The Bertz CT molecular complexity index is 413. The van der Waals surface area contributed by atoms with Crippen LogP contribution in [0.3, 0.4) is 0 Å². The number of likely N-dealkylation sites (tertiary alicyclic amines) is 1. The van der Waals surface area contributed by atoms with E-state index in [2.05, 4.69) is 16.3 Å². The number of hydrogen-bond donors (Lipinski definition) is 2. The second kappa shape index (κ2) is 7.94. The Labute approximate surface area is 133 Å². The zero-order valence-corrected chi connectivity index (χ0v) is 13.7. The lowest BCUT2D eigenvalue weighted by Crippen LogP contribution is -2.55. The molecule has 2 aliphatic rings. The number of hydrogen-bond acceptors (Lipinski definition) is 4. The highest BCUT2D eigenvalue weighted by molar-refractivity contribution is 5.79. The maximum absolute atomic E-state index is 12.4. The molecule has 0 radical (unpaired) electrons. The first-order chi connectivity index (χ1) is 10.6. The lowest BCUT2D eigenvalue weighted by Gasteiger charge is -2.39. The number of piperidine rings is 1. The van der Waals surface area contributed by atoms with Crippen molar-refractivity contribution in [3.05, 3.63) is 0 Å². The summed E-state index contributed by atoms with van der Waals surface area (Å²) in [6, 6.07) is 2.41. The van der Waals surface area contributed by atoms with Gasteiger partial charge in [-0.3, -0.25) is 9.69 Å². The molecule has 2 rings (SSSR count). The van der Waals surface area contributed by atoms with Crippen molar-refractivity contribution in [2.24, 2.45) is 0 Å². The van der Waals surface area contributed by atoms with Crippen LogP contribution in [0.2, 0.25) is 0 Å². The number of aliphatic hydroxyl groups is 1. The number of carbonyl (C=O) groups excluding carboxylic acids is 1. The highest BCUT2D eigenvalue weighted by Gasteiger charge is 2.35. The number of nitrogens with zero attached hydrogens (tertiary/aromatic N) is 2. The molecule has 2 N–H and O–H groups in total. The molecule has 0 spiro atoms. The summed E-state index contributed by atoms with van der Waals surface area (Å²) in [7, 11) is 0. The molecule has 22 heavy (non-hydrogen) atoms. The van der Waals surface area contributed by atoms with Gasteiger partial charge in [0.2, 0.25) is 5.91 Å². The van der Waals surface area contributed by atoms with Crippen LogP contribution in [-0.2, 0) is 4.79 Å². The molecule has 1 saturated carbocycles. The smallest absolute Gasteiger partial charge is 0.235 e. The summed E-state index contributed by atoms with van der Waals surface area (Å²) in [5.41, 5.74) is -0.663. The van der Waals surface area contributed by atoms with Crippen LogP contribution >= 0.6 is 0 Å². The second-order valence-electron chi connectivity index (χ2n) is 6.81. The summed E-state index contributed by atoms with van der Waals surface area (Å²) in [5.74, 6) is -0.0707. The van der Waals surface area contributed by atoms with E-state index in [1.807, 2.05) is 6.92 Å². The molecule has 1 saturated heterocycles. The Morgan fingerprint density at radius 1 is 1.36 bits per heavy atom. The average molecular weight is 307 g/mol. The number of amides is 1. The van der Waals surface area contributed by atoms with Crippen molar-refractivity contribution < 1.29 is 9.90 Å². The van der Waals surface area contributed by atoms with E-state index in [1.54, 1.807) is 0 Å². The van der Waals surface area contributed by atoms with Crippen LogP contribution in [-0.4, -0.2) is 46.7 Å². The van der Waals surface area contributed by atoms with E-state index in [0.717, 1.165) is 57.9 Å². The van der Waals surface area contributed by atoms with Gasteiger partial charge in [-0.2, -0.15) is 5.26 Å². The number of nitrogens with one attached hydrogen (secondary N) is 1. The quantitative estimate of drug-likeness (QED) is 0.814. The maximum atomic E-state index is 12.4. The summed E-state index contributed by atoms with van der Waals surface area (Å²) in [5, 5.41) is 22.6. The van der Waals surface area contributed by atoms with Gasteiger partial charge in [0.05, 0.1) is 18.7 Å². The summed E-state index contributed by atoms with van der Waals surface area (Å²) in [6.07, 6.45) is 8.17. The Morgan fingerprint density at radius 2 is 2.09 bits per heavy atom. The minimum atomic E-state index is -0.663. The number of carbonyl (C=O) groups is 1. The minimum Gasteiger partial charge on any atom is -0.392 e. The molecule has 124 valence electrons. The molecule has 0 aromatic rings. The third-order valence-electron chi connectivity index (χ3n) is 5.17. The molecule has 1 heterocycles. The Balaban J connectivity index is 1.93. The number of rotatable bonds is 5. The van der Waals surface area contributed by atoms with Gasteiger partial charge in [-0.05, 0) is 38.6 Å². The molecule has 1 aliphatic heterocycles. The molecule has 1 aliphatic carbocycles. The van der Waals surface area contributed by atoms with Crippen molar-refractivity contribution in [2.45, 2.75) is 82.4 Å². The van der Waals surface area contributed by atoms with Gasteiger partial charge in [0, 0.05) is 6.04 Å². The number of aliphatic hydroxyl groups excluding tert-OH is 1. The fraction of sp³-hybridized carbons (Fsp3) is 0.882. The lowest BCUT2D eigenvalue weighted by molar-refractivity contribution is -0.125. The Morgan fingerprint density at radius 3 is 2.73 bits per heavy atom. The second-order valence-corrected chi connectivity index (χ2v) is 6.81. The Kier molecular flexibility index (Phi) is 6.22. The predicted molar refractivity (Wildman–Crippen MR) is 85.1 cm³/mol. The SMILES string of the molecule is CCC(O)C1CCCCN1CC(=O)NC1(C#N)CCCCC1. The number of nitriles is 1. The lowest BCUT2D eigenvalue weighted by atomic mass is 9.83. The van der Waals surface area contributed by atoms with Gasteiger partial charge in [-0.25, -0.2) is 0 Å². The standard InChI is InChI=1S/C17H29N3O2/c1-2-15(21)14-8-4-7-11-20(14)12-16(22)19-17(13-18)9-5-3-6-10-17/h14-15,21H,2-12H2,1H3,(H,19,22). The molecule has 2 fully saturated rings. The fourth-order valence-corrected chi connectivity index (χ4v) is 3.83. The fourth-order valence-electron chi connectivity index (χ4n) is 3.83. The first kappa shape index (κ1) is 17.2. The summed E-state index contributed by atoms with van der Waals surface area (Å²) < 4.78 is 0. The van der Waals surface area contributed by atoms with Crippen LogP contribution in [0.4, 0.5) is 0 Å². The van der Waals surface area contributed by atoms with Gasteiger partial charge in [0.15, 0.2) is 0 Å². The van der Waals surface area contributed by atoms with Crippen LogP contribution in [0.15, 0.2) is 0 Å². The topological polar surface area (TPSA) is 76.4 Å². The molecular formula is C17H29N3O2. The normalized spacial score (nSPS) is 26.9. The van der Waals surface area contributed by atoms with Crippen LogP contribution in [0.25, 0.3) is 0 Å². The van der Waals surface area contributed by atoms with Gasteiger partial charge < -0.3 is 10.4 Å². The maximum Gasteiger partial charge on any atom is 0.235 e. The molecule has 2 unspecified atom stereocenters. The van der Waals surface area contributed by atoms with E-state index in [0.29, 0.717) is 13.0 Å². The van der Waals surface area contributed by atoms with Crippen molar-refractivity contribution in [1.82, 2.24) is 10.2 Å². The summed E-state index contributed by atoms with van der Waals surface area (Å²) in [4.78, 5) is 14.5. The average Bonchev–Trinajstić information content (AvgIpc) is 2.55. The largest absolute Gasteiger partial charge is 0.392 e. The van der Waals surface area contributed by atoms with Gasteiger partial charge in [0.25, 0.3) is 0 Å². The zero-order chi connectivity index (χ0) is 16.0. The van der Waals surface area contributed by atoms with Crippen LogP contribution in [0.5, 0.6) is 0 Å². The summed E-state index contributed by atoms with van der Waals surface area (Å²) >= 11 is 0. The van der Waals surface area contributed by atoms with Crippen molar-refractivity contribution in [1.29, 1.82) is 5.26 Å². The van der Waals surface area contributed by atoms with E-state index >= 15 is 0 Å². The molecule has 0 aromatic carbocycles. The van der Waals surface area contributed by atoms with Crippen molar-refractivity contribution >= 4 is 5.91 Å². The molecule has 0 aromatic heterocycles. The van der Waals surface area contributed by atoms with Gasteiger partial charge in [0.1, 0.15) is 5.54 Å². The van der Waals surface area contributed by atoms with Crippen LogP contribution in [0.1, 0.15) is 64.7 Å². The highest BCUT2D eigenvalue weighted by Crippen LogP contribution is 2.28. The monoisotopic (exact) mass is 307 g/mol. The molecular weight excluding hydrogens is 278 g/mol. The zero-order valence-electron chi connectivity index (χ0n) is 13.7. The van der Waals surface area contributed by atoms with Crippen LogP contribution in [0, 0.1) is 11.3 Å². The van der Waals surface area contributed by atoms with Gasteiger partial charge in [-0.1, -0.05) is 32.6 Å². The first-order valence-corrected chi connectivity index (χ1v) is 8.74. The molecule has 1 amide bonds. The van der Waals surface area contributed by atoms with E-state index < -0.39 is 5.54 Å². The molecule has 0 bridgehead atoms. The molecule has 5 nitrogen and oxygen atoms in total. The third kappa shape index (κ3) is 4.21. The van der Waals surface area contributed by atoms with E-state index in [9.17, 15) is 15.2 Å². The molecule has 2 atom stereocenters. The first-order valence-electron chi connectivity index (χ1n) is 8.74. The highest BCUT2D eigenvalue weighted by atomic mass is 16.3. The van der Waals surface area contributed by atoms with E-state index in [1.165, 1.54) is 0 Å². The van der Waals surface area contributed by atoms with Gasteiger partial charge in [-0.15, -0.1) is 0 Å². The predicted octanol–water partition coefficient (Wildman–Crippen LogP) is 1.95. The summed E-state index contributed by atoms with van der Waals surface area (Å²) in [6.45, 7) is 3.13. The Hall–Kier alpha value is -1.12. The van der Waals surface area contributed by atoms with E-state index in [-0.39, 0.29) is 18.1 Å². The minimum absolute atomic E-state index is 0.0707. The van der Waals surface area contributed by atoms with Crippen molar-refractivity contribution in [3.63, 3.8) is 0 Å². The van der Waals surface area contributed by atoms with E-state index in [4.69, 9.17) is 0 Å². The van der Waals surface area contributed by atoms with Gasteiger partial charge >= 0.3 is 0 Å². The molecule has 5 heteroatoms. The van der Waals surface area contributed by atoms with Crippen molar-refractivity contribution in [3.8, 4) is 6.07 Å². The third-order valence-corrected chi connectivity index (χ3v) is 5.17.